The largest absolute Gasteiger partial charge is 0.351 e. The molecule has 0 radical (unpaired) electrons. The maximum Gasteiger partial charge on any atom is 0.224 e. The second kappa shape index (κ2) is 7.84. The van der Waals surface area contributed by atoms with Crippen molar-refractivity contribution in [1.29, 1.82) is 0 Å². The lowest BCUT2D eigenvalue weighted by Gasteiger charge is -2.28. The van der Waals surface area contributed by atoms with Crippen molar-refractivity contribution < 1.29 is 9.59 Å². The molecule has 2 fully saturated rings. The molecule has 0 spiro atoms. The summed E-state index contributed by atoms with van der Waals surface area (Å²) in [6.45, 7) is 4.93. The number of likely N-dealkylation sites (tertiary alicyclic amines) is 1. The van der Waals surface area contributed by atoms with Crippen molar-refractivity contribution >= 4 is 24.2 Å². The van der Waals surface area contributed by atoms with Crippen LogP contribution in [0.15, 0.2) is 0 Å². The highest BCUT2D eigenvalue weighted by Crippen LogP contribution is 2.22. The average molecular weight is 304 g/mol. The highest BCUT2D eigenvalue weighted by atomic mass is 35.5. The van der Waals surface area contributed by atoms with Crippen molar-refractivity contribution in [3.05, 3.63) is 0 Å². The number of piperidine rings is 1. The molecule has 5 nitrogen and oxygen atoms in total. The maximum atomic E-state index is 12.0. The van der Waals surface area contributed by atoms with Crippen LogP contribution in [-0.4, -0.2) is 49.4 Å². The number of nitrogens with one attached hydrogen (secondary N) is 2. The molecule has 0 aromatic heterocycles. The predicted octanol–water partition coefficient (Wildman–Crippen LogP) is 0.781. The van der Waals surface area contributed by atoms with Crippen LogP contribution in [0.5, 0.6) is 0 Å². The van der Waals surface area contributed by atoms with Gasteiger partial charge in [-0.1, -0.05) is 6.92 Å². The zero-order chi connectivity index (χ0) is 13.8. The normalized spacial score (nSPS) is 27.9. The number of nitrogens with zero attached hydrogens (tertiary/aromatic N) is 1. The van der Waals surface area contributed by atoms with Crippen molar-refractivity contribution in [1.82, 2.24) is 15.5 Å². The van der Waals surface area contributed by atoms with Crippen LogP contribution in [0.1, 0.15) is 32.6 Å². The Balaban J connectivity index is 0.00000200. The molecular formula is C14H26ClN3O2. The first kappa shape index (κ1) is 17.2. The van der Waals surface area contributed by atoms with Crippen LogP contribution in [0.4, 0.5) is 0 Å². The number of likely N-dealkylation sites (N-methyl/N-ethyl adjacent to an activating group) is 1. The Morgan fingerprint density at radius 1 is 1.55 bits per heavy atom. The van der Waals surface area contributed by atoms with Crippen LogP contribution in [0.2, 0.25) is 0 Å². The van der Waals surface area contributed by atoms with E-state index in [1.165, 1.54) is 12.8 Å². The quantitative estimate of drug-likeness (QED) is 0.807. The molecule has 2 amide bonds. The van der Waals surface area contributed by atoms with Gasteiger partial charge in [-0.05, 0) is 37.8 Å². The molecule has 2 heterocycles. The van der Waals surface area contributed by atoms with Gasteiger partial charge in [0.05, 0.1) is 6.04 Å². The van der Waals surface area contributed by atoms with Gasteiger partial charge in [-0.3, -0.25) is 9.59 Å². The minimum atomic E-state index is 0. The first-order valence-corrected chi connectivity index (χ1v) is 7.30. The minimum absolute atomic E-state index is 0. The van der Waals surface area contributed by atoms with E-state index >= 15 is 0 Å². The van der Waals surface area contributed by atoms with E-state index in [1.54, 1.807) is 11.9 Å². The number of hydrogen-bond acceptors (Lipinski definition) is 3. The van der Waals surface area contributed by atoms with Gasteiger partial charge in [0, 0.05) is 26.4 Å². The highest BCUT2D eigenvalue weighted by Gasteiger charge is 2.29. The summed E-state index contributed by atoms with van der Waals surface area (Å²) in [7, 11) is 1.78. The third kappa shape index (κ3) is 4.63. The molecule has 2 rings (SSSR count). The van der Waals surface area contributed by atoms with E-state index in [2.05, 4.69) is 17.6 Å². The summed E-state index contributed by atoms with van der Waals surface area (Å²) in [6, 6.07) is 0.00156. The zero-order valence-corrected chi connectivity index (χ0v) is 13.2. The summed E-state index contributed by atoms with van der Waals surface area (Å²) in [6.07, 6.45) is 3.44. The molecule has 2 aliphatic heterocycles. The first-order valence-electron chi connectivity index (χ1n) is 7.30. The summed E-state index contributed by atoms with van der Waals surface area (Å²) < 4.78 is 0. The Labute approximate surface area is 127 Å². The monoisotopic (exact) mass is 303 g/mol. The van der Waals surface area contributed by atoms with Crippen LogP contribution in [0, 0.1) is 11.8 Å². The Morgan fingerprint density at radius 3 is 2.85 bits per heavy atom. The molecule has 6 heteroatoms. The van der Waals surface area contributed by atoms with E-state index < -0.39 is 0 Å². The summed E-state index contributed by atoms with van der Waals surface area (Å²) in [5.74, 6) is 1.22. The topological polar surface area (TPSA) is 61.4 Å². The molecule has 0 aromatic carbocycles. The molecule has 3 atom stereocenters. The van der Waals surface area contributed by atoms with Gasteiger partial charge in [0.15, 0.2) is 0 Å². The smallest absolute Gasteiger partial charge is 0.224 e. The lowest BCUT2D eigenvalue weighted by molar-refractivity contribution is -0.126. The molecule has 0 aliphatic carbocycles. The molecule has 0 aromatic rings. The van der Waals surface area contributed by atoms with Gasteiger partial charge in [0.2, 0.25) is 11.8 Å². The lowest BCUT2D eigenvalue weighted by atomic mass is 9.85. The van der Waals surface area contributed by atoms with Crippen LogP contribution in [0.25, 0.3) is 0 Å². The summed E-state index contributed by atoms with van der Waals surface area (Å²) in [5, 5.41) is 6.38. The molecule has 20 heavy (non-hydrogen) atoms. The van der Waals surface area contributed by atoms with Crippen LogP contribution in [0.3, 0.4) is 0 Å². The van der Waals surface area contributed by atoms with Crippen molar-refractivity contribution in [2.75, 3.05) is 26.7 Å². The zero-order valence-electron chi connectivity index (χ0n) is 12.4. The molecule has 116 valence electrons. The van der Waals surface area contributed by atoms with Gasteiger partial charge >= 0.3 is 0 Å². The number of carbonyl (C=O) groups excluding carboxylic acids is 2. The Bertz CT molecular complexity index is 345. The number of halogens is 1. The predicted molar refractivity (Wildman–Crippen MR) is 80.8 cm³/mol. The van der Waals surface area contributed by atoms with Gasteiger partial charge in [-0.2, -0.15) is 0 Å². The molecule has 0 bridgehead atoms. The molecular weight excluding hydrogens is 278 g/mol. The van der Waals surface area contributed by atoms with Crippen molar-refractivity contribution in [3.8, 4) is 0 Å². The van der Waals surface area contributed by atoms with Crippen LogP contribution < -0.4 is 10.6 Å². The molecule has 2 saturated heterocycles. The third-order valence-corrected chi connectivity index (χ3v) is 4.35. The fourth-order valence-corrected chi connectivity index (χ4v) is 3.07. The van der Waals surface area contributed by atoms with Gasteiger partial charge in [-0.25, -0.2) is 0 Å². The van der Waals surface area contributed by atoms with Gasteiger partial charge < -0.3 is 15.5 Å². The Kier molecular flexibility index (Phi) is 6.76. The number of carbonyl (C=O) groups is 2. The summed E-state index contributed by atoms with van der Waals surface area (Å²) in [4.78, 5) is 25.1. The minimum Gasteiger partial charge on any atom is -0.351 e. The second-order valence-corrected chi connectivity index (χ2v) is 6.03. The summed E-state index contributed by atoms with van der Waals surface area (Å²) in [5.41, 5.74) is 0. The van der Waals surface area contributed by atoms with E-state index in [0.717, 1.165) is 13.1 Å². The lowest BCUT2D eigenvalue weighted by Crippen LogP contribution is -2.39. The van der Waals surface area contributed by atoms with Crippen molar-refractivity contribution in [3.63, 3.8) is 0 Å². The molecule has 0 saturated carbocycles. The fraction of sp³-hybridized carbons (Fsp3) is 0.857. The van der Waals surface area contributed by atoms with Crippen molar-refractivity contribution in [2.24, 2.45) is 11.8 Å². The van der Waals surface area contributed by atoms with E-state index in [9.17, 15) is 9.59 Å². The molecule has 2 aliphatic rings. The van der Waals surface area contributed by atoms with E-state index in [4.69, 9.17) is 0 Å². The van der Waals surface area contributed by atoms with Crippen molar-refractivity contribution in [2.45, 2.75) is 38.6 Å². The maximum absolute atomic E-state index is 12.0. The Hall–Kier alpha value is -0.810. The average Bonchev–Trinajstić information content (AvgIpc) is 2.69. The van der Waals surface area contributed by atoms with Crippen LogP contribution >= 0.6 is 12.4 Å². The van der Waals surface area contributed by atoms with Gasteiger partial charge in [0.1, 0.15) is 0 Å². The molecule has 3 unspecified atom stereocenters. The standard InChI is InChI=1S/C14H25N3O2.ClH/c1-10(11-4-3-5-15-8-11)6-13(18)16-12-7-14(19)17(2)9-12;/h10-12,15H,3-9H2,1-2H3,(H,16,18);1H. The molecule has 2 N–H and O–H groups in total. The number of amides is 2. The number of rotatable bonds is 4. The SMILES string of the molecule is CC(CC(=O)NC1CC(=O)N(C)C1)C1CCCNC1.Cl. The van der Waals surface area contributed by atoms with Crippen LogP contribution in [-0.2, 0) is 9.59 Å². The van der Waals surface area contributed by atoms with Gasteiger partial charge in [0.25, 0.3) is 0 Å². The fourth-order valence-electron chi connectivity index (χ4n) is 3.07. The van der Waals surface area contributed by atoms with E-state index in [0.29, 0.717) is 31.2 Å². The van der Waals surface area contributed by atoms with E-state index in [-0.39, 0.29) is 30.3 Å². The van der Waals surface area contributed by atoms with E-state index in [1.807, 2.05) is 0 Å². The second-order valence-electron chi connectivity index (χ2n) is 6.03. The Morgan fingerprint density at radius 2 is 2.30 bits per heavy atom. The highest BCUT2D eigenvalue weighted by molar-refractivity contribution is 5.85. The third-order valence-electron chi connectivity index (χ3n) is 4.35. The first-order chi connectivity index (χ1) is 9.06. The van der Waals surface area contributed by atoms with Gasteiger partial charge in [-0.15, -0.1) is 12.4 Å². The summed E-state index contributed by atoms with van der Waals surface area (Å²) >= 11 is 0. The number of hydrogen-bond donors (Lipinski definition) is 2.